The van der Waals surface area contributed by atoms with Crippen molar-refractivity contribution in [2.75, 3.05) is 37.7 Å². The molecule has 2 aromatic rings. The monoisotopic (exact) mass is 436 g/mol. The van der Waals surface area contributed by atoms with Crippen molar-refractivity contribution >= 4 is 38.8 Å². The van der Waals surface area contributed by atoms with Gasteiger partial charge in [-0.25, -0.2) is 8.42 Å². The van der Waals surface area contributed by atoms with Crippen LogP contribution in [0.1, 0.15) is 21.7 Å². The van der Waals surface area contributed by atoms with E-state index in [-0.39, 0.29) is 17.7 Å². The highest BCUT2D eigenvalue weighted by atomic mass is 32.2. The van der Waals surface area contributed by atoms with Gasteiger partial charge >= 0.3 is 0 Å². The molecule has 0 bridgehead atoms. The molecule has 4 rings (SSSR count). The number of sulfone groups is 1. The quantitative estimate of drug-likeness (QED) is 0.675. The van der Waals surface area contributed by atoms with Crippen LogP contribution in [0.5, 0.6) is 0 Å². The summed E-state index contributed by atoms with van der Waals surface area (Å²) in [5.74, 6) is 1.51. The summed E-state index contributed by atoms with van der Waals surface area (Å²) in [6.45, 7) is 2.80. The molecule has 1 aromatic heterocycles. The van der Waals surface area contributed by atoms with Gasteiger partial charge in [-0.2, -0.15) is 0 Å². The lowest BCUT2D eigenvalue weighted by atomic mass is 10.1. The SMILES string of the molecule is O=C(c1ccccc1SCc1cccs1)N1CCN(C2CCS(=O)(=O)C2)CC1. The molecule has 0 saturated carbocycles. The Labute approximate surface area is 174 Å². The molecule has 1 aromatic carbocycles. The van der Waals surface area contributed by atoms with E-state index >= 15 is 0 Å². The third kappa shape index (κ3) is 4.62. The van der Waals surface area contributed by atoms with E-state index in [2.05, 4.69) is 16.3 Å². The van der Waals surface area contributed by atoms with Gasteiger partial charge in [-0.1, -0.05) is 18.2 Å². The molecular formula is C20H24N2O3S3. The van der Waals surface area contributed by atoms with Crippen LogP contribution >= 0.6 is 23.1 Å². The number of benzene rings is 1. The van der Waals surface area contributed by atoms with Gasteiger partial charge in [0.05, 0.1) is 17.1 Å². The van der Waals surface area contributed by atoms with Crippen molar-refractivity contribution in [3.8, 4) is 0 Å². The first-order valence-electron chi connectivity index (χ1n) is 9.50. The first-order valence-corrected chi connectivity index (χ1v) is 13.2. The molecule has 2 aliphatic heterocycles. The summed E-state index contributed by atoms with van der Waals surface area (Å²) >= 11 is 3.44. The molecule has 3 heterocycles. The number of hydrogen-bond acceptors (Lipinski definition) is 6. The van der Waals surface area contributed by atoms with E-state index in [9.17, 15) is 13.2 Å². The van der Waals surface area contributed by atoms with Crippen LogP contribution in [0, 0.1) is 0 Å². The highest BCUT2D eigenvalue weighted by Gasteiger charge is 2.34. The predicted octanol–water partition coefficient (Wildman–Crippen LogP) is 2.99. The number of hydrogen-bond donors (Lipinski definition) is 0. The normalized spacial score (nSPS) is 22.4. The molecule has 0 radical (unpaired) electrons. The fourth-order valence-electron chi connectivity index (χ4n) is 3.84. The van der Waals surface area contributed by atoms with Crippen LogP contribution in [0.25, 0.3) is 0 Å². The Hall–Kier alpha value is -1.35. The van der Waals surface area contributed by atoms with Gasteiger partial charge in [-0.3, -0.25) is 9.69 Å². The van der Waals surface area contributed by atoms with E-state index in [4.69, 9.17) is 0 Å². The van der Waals surface area contributed by atoms with Crippen LogP contribution in [-0.2, 0) is 15.6 Å². The van der Waals surface area contributed by atoms with Gasteiger partial charge in [-0.05, 0) is 30.0 Å². The van der Waals surface area contributed by atoms with Crippen molar-refractivity contribution in [3.05, 3.63) is 52.2 Å². The zero-order chi connectivity index (χ0) is 19.6. The van der Waals surface area contributed by atoms with E-state index in [1.54, 1.807) is 23.1 Å². The fraction of sp³-hybridized carbons (Fsp3) is 0.450. The molecule has 8 heteroatoms. The number of carbonyl (C=O) groups is 1. The van der Waals surface area contributed by atoms with Crippen molar-refractivity contribution in [2.24, 2.45) is 0 Å². The van der Waals surface area contributed by atoms with Crippen LogP contribution in [0.2, 0.25) is 0 Å². The van der Waals surface area contributed by atoms with E-state index in [0.717, 1.165) is 35.7 Å². The second kappa shape index (κ2) is 8.57. The summed E-state index contributed by atoms with van der Waals surface area (Å²) in [5, 5.41) is 2.07. The maximum Gasteiger partial charge on any atom is 0.255 e. The van der Waals surface area contributed by atoms with Gasteiger partial charge in [0.1, 0.15) is 0 Å². The minimum atomic E-state index is -2.87. The lowest BCUT2D eigenvalue weighted by Gasteiger charge is -2.37. The number of thiophene rings is 1. The highest BCUT2D eigenvalue weighted by Crippen LogP contribution is 2.29. The lowest BCUT2D eigenvalue weighted by molar-refractivity contribution is 0.0584. The second-order valence-electron chi connectivity index (χ2n) is 7.25. The molecule has 0 spiro atoms. The third-order valence-corrected chi connectivity index (χ3v) is 9.33. The number of nitrogens with zero attached hydrogens (tertiary/aromatic N) is 2. The second-order valence-corrected chi connectivity index (χ2v) is 11.5. The molecule has 5 nitrogen and oxygen atoms in total. The average Bonchev–Trinajstić information content (AvgIpc) is 3.35. The van der Waals surface area contributed by atoms with Crippen molar-refractivity contribution in [3.63, 3.8) is 0 Å². The molecule has 2 saturated heterocycles. The van der Waals surface area contributed by atoms with Gasteiger partial charge in [0, 0.05) is 47.7 Å². The molecule has 2 aliphatic rings. The molecule has 2 fully saturated rings. The zero-order valence-corrected chi connectivity index (χ0v) is 18.1. The van der Waals surface area contributed by atoms with Crippen LogP contribution < -0.4 is 0 Å². The number of thioether (sulfide) groups is 1. The zero-order valence-electron chi connectivity index (χ0n) is 15.6. The van der Waals surface area contributed by atoms with Crippen LogP contribution in [0.15, 0.2) is 46.7 Å². The molecule has 1 amide bonds. The summed E-state index contributed by atoms with van der Waals surface area (Å²) in [6.07, 6.45) is 0.721. The molecule has 1 atom stereocenters. The predicted molar refractivity (Wildman–Crippen MR) is 115 cm³/mol. The minimum absolute atomic E-state index is 0.0768. The maximum atomic E-state index is 13.1. The highest BCUT2D eigenvalue weighted by molar-refractivity contribution is 7.98. The first kappa shape index (κ1) is 19.9. The van der Waals surface area contributed by atoms with Crippen LogP contribution in [0.4, 0.5) is 0 Å². The maximum absolute atomic E-state index is 13.1. The summed E-state index contributed by atoms with van der Waals surface area (Å²) < 4.78 is 23.5. The van der Waals surface area contributed by atoms with Crippen molar-refractivity contribution in [1.29, 1.82) is 0 Å². The Morgan fingerprint density at radius 3 is 2.57 bits per heavy atom. The number of rotatable bonds is 5. The van der Waals surface area contributed by atoms with Gasteiger partial charge < -0.3 is 4.90 Å². The molecular weight excluding hydrogens is 412 g/mol. The Bertz CT molecular complexity index is 920. The largest absolute Gasteiger partial charge is 0.336 e. The van der Waals surface area contributed by atoms with Crippen LogP contribution in [-0.4, -0.2) is 67.9 Å². The summed E-state index contributed by atoms with van der Waals surface area (Å²) in [6, 6.07) is 12.1. The topological polar surface area (TPSA) is 57.7 Å². The van der Waals surface area contributed by atoms with Crippen LogP contribution in [0.3, 0.4) is 0 Å². The Balaban J connectivity index is 1.37. The molecule has 1 unspecified atom stereocenters. The summed E-state index contributed by atoms with van der Waals surface area (Å²) in [5.41, 5.74) is 0.765. The molecule has 150 valence electrons. The summed E-state index contributed by atoms with van der Waals surface area (Å²) in [4.78, 5) is 19.6. The van der Waals surface area contributed by atoms with Gasteiger partial charge in [-0.15, -0.1) is 23.1 Å². The standard InChI is InChI=1S/C20H24N2O3S3/c23-20(18-5-1-2-6-19(18)27-14-17-4-3-12-26-17)22-10-8-21(9-11-22)16-7-13-28(24,25)15-16/h1-6,12,16H,7-11,13-15H2. The summed E-state index contributed by atoms with van der Waals surface area (Å²) in [7, 11) is -2.87. The Morgan fingerprint density at radius 2 is 1.89 bits per heavy atom. The Morgan fingerprint density at radius 1 is 1.11 bits per heavy atom. The van der Waals surface area contributed by atoms with Gasteiger partial charge in [0.2, 0.25) is 0 Å². The van der Waals surface area contributed by atoms with Crippen molar-refractivity contribution in [2.45, 2.75) is 23.1 Å². The van der Waals surface area contributed by atoms with E-state index in [1.165, 1.54) is 4.88 Å². The van der Waals surface area contributed by atoms with Crippen molar-refractivity contribution in [1.82, 2.24) is 9.80 Å². The molecule has 0 aliphatic carbocycles. The minimum Gasteiger partial charge on any atom is -0.336 e. The number of carbonyl (C=O) groups excluding carboxylic acids is 1. The first-order chi connectivity index (χ1) is 13.5. The van der Waals surface area contributed by atoms with E-state index in [1.807, 2.05) is 35.2 Å². The van der Waals surface area contributed by atoms with E-state index in [0.29, 0.717) is 18.8 Å². The van der Waals surface area contributed by atoms with E-state index < -0.39 is 9.84 Å². The Kier molecular flexibility index (Phi) is 6.10. The molecule has 28 heavy (non-hydrogen) atoms. The van der Waals surface area contributed by atoms with Gasteiger partial charge in [0.15, 0.2) is 9.84 Å². The smallest absolute Gasteiger partial charge is 0.255 e. The lowest BCUT2D eigenvalue weighted by Crippen LogP contribution is -2.52. The third-order valence-electron chi connectivity index (χ3n) is 5.39. The van der Waals surface area contributed by atoms with Crippen molar-refractivity contribution < 1.29 is 13.2 Å². The van der Waals surface area contributed by atoms with Gasteiger partial charge in [0.25, 0.3) is 5.91 Å². The fourth-order valence-corrected chi connectivity index (χ4v) is 7.42. The molecule has 0 N–H and O–H groups in total. The number of amides is 1. The average molecular weight is 437 g/mol. The number of piperazine rings is 1.